The van der Waals surface area contributed by atoms with Gasteiger partial charge in [-0.05, 0) is 23.1 Å². The van der Waals surface area contributed by atoms with E-state index >= 15 is 0 Å². The molecule has 0 aliphatic carbocycles. The number of hydrogen-bond donors (Lipinski definition) is 1. The molecule has 0 saturated carbocycles. The van der Waals surface area contributed by atoms with Crippen LogP contribution in [0.4, 0.5) is 10.5 Å². The van der Waals surface area contributed by atoms with Crippen LogP contribution in [0.2, 0.25) is 0 Å². The van der Waals surface area contributed by atoms with E-state index < -0.39 is 0 Å². The lowest BCUT2D eigenvalue weighted by Gasteiger charge is -2.18. The normalized spacial score (nSPS) is 11.2. The summed E-state index contributed by atoms with van der Waals surface area (Å²) in [5.74, 6) is 1.45. The first-order valence-corrected chi connectivity index (χ1v) is 9.36. The number of amides is 2. The molecule has 3 rings (SSSR count). The summed E-state index contributed by atoms with van der Waals surface area (Å²) in [5.41, 5.74) is 2.78. The van der Waals surface area contributed by atoms with Crippen LogP contribution in [0.25, 0.3) is 11.4 Å². The zero-order chi connectivity index (χ0) is 21.0. The van der Waals surface area contributed by atoms with E-state index in [9.17, 15) is 4.79 Å². The Kier molecular flexibility index (Phi) is 5.87. The molecule has 0 aliphatic rings. The number of hydrogen-bond acceptors (Lipinski definition) is 5. The summed E-state index contributed by atoms with van der Waals surface area (Å²) in [6.45, 7) is 6.69. The van der Waals surface area contributed by atoms with Crippen molar-refractivity contribution in [1.29, 1.82) is 0 Å². The maximum absolute atomic E-state index is 12.5. The van der Waals surface area contributed by atoms with Gasteiger partial charge in [0.25, 0.3) is 0 Å². The molecule has 29 heavy (non-hydrogen) atoms. The van der Waals surface area contributed by atoms with Crippen molar-refractivity contribution in [2.75, 3.05) is 19.5 Å². The zero-order valence-corrected chi connectivity index (χ0v) is 17.4. The van der Waals surface area contributed by atoms with Gasteiger partial charge in [0.15, 0.2) is 0 Å². The van der Waals surface area contributed by atoms with E-state index in [2.05, 4.69) is 48.4 Å². The fraction of sp³-hybridized carbons (Fsp3) is 0.318. The minimum Gasteiger partial charge on any atom is -0.495 e. The van der Waals surface area contributed by atoms with Gasteiger partial charge in [-0.25, -0.2) is 4.79 Å². The number of anilines is 1. The summed E-state index contributed by atoms with van der Waals surface area (Å²) < 4.78 is 10.6. The quantitative estimate of drug-likeness (QED) is 0.678. The van der Waals surface area contributed by atoms with Crippen molar-refractivity contribution < 1.29 is 14.1 Å². The topological polar surface area (TPSA) is 80.5 Å². The summed E-state index contributed by atoms with van der Waals surface area (Å²) in [4.78, 5) is 18.3. The van der Waals surface area contributed by atoms with Crippen LogP contribution >= 0.6 is 0 Å². The molecule has 2 aromatic carbocycles. The highest BCUT2D eigenvalue weighted by Crippen LogP contribution is 2.25. The summed E-state index contributed by atoms with van der Waals surface area (Å²) in [5, 5.41) is 6.85. The van der Waals surface area contributed by atoms with Crippen LogP contribution in [0.15, 0.2) is 53.1 Å². The average Bonchev–Trinajstić information content (AvgIpc) is 3.16. The molecule has 0 aliphatic heterocycles. The lowest BCUT2D eigenvalue weighted by Crippen LogP contribution is -2.31. The number of rotatable bonds is 5. The maximum atomic E-state index is 12.5. The van der Waals surface area contributed by atoms with Crippen LogP contribution in [-0.4, -0.2) is 35.2 Å². The fourth-order valence-electron chi connectivity index (χ4n) is 2.79. The van der Waals surface area contributed by atoms with E-state index in [-0.39, 0.29) is 18.0 Å². The number of nitrogens with one attached hydrogen (secondary N) is 1. The highest BCUT2D eigenvalue weighted by Gasteiger charge is 2.17. The third kappa shape index (κ3) is 4.93. The molecular formula is C22H26N4O3. The first-order chi connectivity index (χ1) is 13.8. The van der Waals surface area contributed by atoms with Crippen molar-refractivity contribution in [2.45, 2.75) is 32.7 Å². The summed E-state index contributed by atoms with van der Waals surface area (Å²) in [6, 6.07) is 15.0. The van der Waals surface area contributed by atoms with Gasteiger partial charge in [0, 0.05) is 12.6 Å². The Hall–Kier alpha value is -3.35. The molecule has 152 valence electrons. The maximum Gasteiger partial charge on any atom is 0.322 e. The Morgan fingerprint density at radius 3 is 2.48 bits per heavy atom. The first-order valence-electron chi connectivity index (χ1n) is 9.36. The Balaban J connectivity index is 1.65. The number of methoxy groups -OCH3 is 1. The van der Waals surface area contributed by atoms with Gasteiger partial charge < -0.3 is 19.5 Å². The first kappa shape index (κ1) is 20.4. The van der Waals surface area contributed by atoms with Crippen molar-refractivity contribution in [2.24, 2.45) is 0 Å². The van der Waals surface area contributed by atoms with Gasteiger partial charge in [-0.2, -0.15) is 4.98 Å². The third-order valence-corrected chi connectivity index (χ3v) is 4.54. The predicted molar refractivity (Wildman–Crippen MR) is 112 cm³/mol. The smallest absolute Gasteiger partial charge is 0.322 e. The molecule has 1 N–H and O–H groups in total. The molecule has 0 saturated heterocycles. The number of urea groups is 1. The summed E-state index contributed by atoms with van der Waals surface area (Å²) in [6.07, 6.45) is 0. The average molecular weight is 394 g/mol. The van der Waals surface area contributed by atoms with Gasteiger partial charge in [0.1, 0.15) is 12.3 Å². The molecule has 2 amide bonds. The highest BCUT2D eigenvalue weighted by molar-refractivity contribution is 5.90. The second-order valence-corrected chi connectivity index (χ2v) is 7.83. The van der Waals surface area contributed by atoms with E-state index in [1.807, 2.05) is 24.3 Å². The molecule has 7 nitrogen and oxygen atoms in total. The molecule has 1 heterocycles. The van der Waals surface area contributed by atoms with Crippen LogP contribution in [0.3, 0.4) is 0 Å². The van der Waals surface area contributed by atoms with Gasteiger partial charge in [0.05, 0.1) is 12.8 Å². The number of ether oxygens (including phenoxy) is 1. The molecule has 3 aromatic rings. The molecule has 0 fully saturated rings. The molecule has 0 spiro atoms. The van der Waals surface area contributed by atoms with Gasteiger partial charge in [-0.15, -0.1) is 0 Å². The number of para-hydroxylation sites is 2. The number of benzene rings is 2. The van der Waals surface area contributed by atoms with Crippen molar-refractivity contribution in [3.05, 3.63) is 60.0 Å². The van der Waals surface area contributed by atoms with E-state index in [0.717, 1.165) is 5.56 Å². The minimum atomic E-state index is -0.302. The van der Waals surface area contributed by atoms with E-state index in [1.165, 1.54) is 10.5 Å². The van der Waals surface area contributed by atoms with Crippen LogP contribution in [-0.2, 0) is 12.0 Å². The van der Waals surface area contributed by atoms with Gasteiger partial charge in [0.2, 0.25) is 11.7 Å². The van der Waals surface area contributed by atoms with Gasteiger partial charge in [-0.1, -0.05) is 62.3 Å². The standard InChI is InChI=1S/C22H26N4O3/c1-22(2,3)16-12-10-15(11-13-16)20-24-19(29-25-20)14-26(4)21(27)23-17-8-6-7-9-18(17)28-5/h6-13H,14H2,1-5H3,(H,23,27). The van der Waals surface area contributed by atoms with Crippen LogP contribution in [0.5, 0.6) is 5.75 Å². The van der Waals surface area contributed by atoms with Gasteiger partial charge in [-0.3, -0.25) is 0 Å². The Morgan fingerprint density at radius 2 is 1.83 bits per heavy atom. The number of carbonyl (C=O) groups is 1. The van der Waals surface area contributed by atoms with Crippen molar-refractivity contribution in [3.8, 4) is 17.1 Å². The van der Waals surface area contributed by atoms with Crippen LogP contribution in [0.1, 0.15) is 32.2 Å². The predicted octanol–water partition coefficient (Wildman–Crippen LogP) is 4.71. The van der Waals surface area contributed by atoms with Gasteiger partial charge >= 0.3 is 6.03 Å². The molecule has 0 radical (unpaired) electrons. The van der Waals surface area contributed by atoms with Crippen molar-refractivity contribution in [1.82, 2.24) is 15.0 Å². The van der Waals surface area contributed by atoms with Crippen LogP contribution in [0, 0.1) is 0 Å². The molecule has 0 unspecified atom stereocenters. The largest absolute Gasteiger partial charge is 0.495 e. The summed E-state index contributed by atoms with van der Waals surface area (Å²) >= 11 is 0. The monoisotopic (exact) mass is 394 g/mol. The number of carbonyl (C=O) groups excluding carboxylic acids is 1. The second kappa shape index (κ2) is 8.34. The lowest BCUT2D eigenvalue weighted by atomic mass is 9.87. The SMILES string of the molecule is COc1ccccc1NC(=O)N(C)Cc1nc(-c2ccc(C(C)(C)C)cc2)no1. The molecule has 1 aromatic heterocycles. The van der Waals surface area contributed by atoms with E-state index in [0.29, 0.717) is 23.2 Å². The Labute approximate surface area is 170 Å². The Morgan fingerprint density at radius 1 is 1.14 bits per heavy atom. The third-order valence-electron chi connectivity index (χ3n) is 4.54. The fourth-order valence-corrected chi connectivity index (χ4v) is 2.79. The van der Waals surface area contributed by atoms with E-state index in [1.54, 1.807) is 26.3 Å². The molecular weight excluding hydrogens is 368 g/mol. The lowest BCUT2D eigenvalue weighted by molar-refractivity contribution is 0.213. The number of aromatic nitrogens is 2. The van der Waals surface area contributed by atoms with Crippen molar-refractivity contribution >= 4 is 11.7 Å². The molecule has 0 bridgehead atoms. The second-order valence-electron chi connectivity index (χ2n) is 7.83. The minimum absolute atomic E-state index is 0.0818. The Bertz CT molecular complexity index is 974. The summed E-state index contributed by atoms with van der Waals surface area (Å²) in [7, 11) is 3.22. The molecule has 0 atom stereocenters. The molecule has 7 heteroatoms. The highest BCUT2D eigenvalue weighted by atomic mass is 16.5. The van der Waals surface area contributed by atoms with Crippen molar-refractivity contribution in [3.63, 3.8) is 0 Å². The number of nitrogens with zero attached hydrogens (tertiary/aromatic N) is 3. The zero-order valence-electron chi connectivity index (χ0n) is 17.4. The van der Waals surface area contributed by atoms with Crippen LogP contribution < -0.4 is 10.1 Å². The van der Waals surface area contributed by atoms with E-state index in [4.69, 9.17) is 9.26 Å².